The van der Waals surface area contributed by atoms with E-state index in [-0.39, 0.29) is 18.1 Å². The van der Waals surface area contributed by atoms with E-state index in [1.54, 1.807) is 0 Å². The third kappa shape index (κ3) is 5.83. The molecule has 2 N–H and O–H groups in total. The third-order valence-electron chi connectivity index (χ3n) is 4.65. The van der Waals surface area contributed by atoms with Crippen LogP contribution in [0, 0.1) is 5.92 Å². The van der Waals surface area contributed by atoms with Gasteiger partial charge in [0, 0.05) is 31.9 Å². The fourth-order valence-electron chi connectivity index (χ4n) is 3.19. The highest BCUT2D eigenvalue weighted by molar-refractivity contribution is 5.74. The number of hydrogen-bond donors (Lipinski definition) is 2. The zero-order valence-corrected chi connectivity index (χ0v) is 13.4. The predicted octanol–water partition coefficient (Wildman–Crippen LogP) is 2.45. The van der Waals surface area contributed by atoms with E-state index < -0.39 is 0 Å². The van der Waals surface area contributed by atoms with Crippen LogP contribution >= 0.6 is 0 Å². The fourth-order valence-corrected chi connectivity index (χ4v) is 3.19. The van der Waals surface area contributed by atoms with Crippen molar-refractivity contribution in [1.29, 1.82) is 0 Å². The van der Waals surface area contributed by atoms with Crippen molar-refractivity contribution in [1.82, 2.24) is 10.6 Å². The van der Waals surface area contributed by atoms with Crippen LogP contribution in [0.15, 0.2) is 0 Å². The van der Waals surface area contributed by atoms with E-state index in [2.05, 4.69) is 24.5 Å². The van der Waals surface area contributed by atoms with Crippen LogP contribution in [0.2, 0.25) is 0 Å². The first-order valence-electron chi connectivity index (χ1n) is 8.41. The zero-order valence-electron chi connectivity index (χ0n) is 13.4. The molecule has 2 rings (SSSR count). The SMILES string of the molecule is C[C@H](CC[C@H]1CCCO1)NC(=O)N[C@@H](C)C1CCOCC1. The molecule has 0 saturated carbocycles. The van der Waals surface area contributed by atoms with Crippen LogP contribution in [-0.2, 0) is 9.47 Å². The van der Waals surface area contributed by atoms with E-state index in [0.29, 0.717) is 12.0 Å². The largest absolute Gasteiger partial charge is 0.381 e. The van der Waals surface area contributed by atoms with Crippen LogP contribution in [-0.4, -0.2) is 44.0 Å². The number of ether oxygens (including phenoxy) is 2. The van der Waals surface area contributed by atoms with Crippen LogP contribution in [0.4, 0.5) is 4.79 Å². The molecule has 2 aliphatic rings. The zero-order chi connectivity index (χ0) is 15.1. The molecule has 0 aromatic carbocycles. The van der Waals surface area contributed by atoms with Crippen molar-refractivity contribution in [2.45, 2.75) is 70.6 Å². The average molecular weight is 298 g/mol. The Bertz CT molecular complexity index is 313. The number of carbonyl (C=O) groups excluding carboxylic acids is 1. The molecule has 2 heterocycles. The van der Waals surface area contributed by atoms with Gasteiger partial charge in [0.05, 0.1) is 6.10 Å². The van der Waals surface area contributed by atoms with Crippen molar-refractivity contribution >= 4 is 6.03 Å². The summed E-state index contributed by atoms with van der Waals surface area (Å²) in [5.74, 6) is 0.534. The van der Waals surface area contributed by atoms with E-state index >= 15 is 0 Å². The van der Waals surface area contributed by atoms with E-state index in [1.165, 1.54) is 12.8 Å². The molecular weight excluding hydrogens is 268 g/mol. The Kier molecular flexibility index (Phi) is 6.77. The second-order valence-electron chi connectivity index (χ2n) is 6.47. The first kappa shape index (κ1) is 16.6. The number of carbonyl (C=O) groups is 1. The summed E-state index contributed by atoms with van der Waals surface area (Å²) < 4.78 is 11.0. The number of amides is 2. The maximum atomic E-state index is 12.0. The van der Waals surface area contributed by atoms with Crippen molar-refractivity contribution in [2.24, 2.45) is 5.92 Å². The third-order valence-corrected chi connectivity index (χ3v) is 4.65. The second kappa shape index (κ2) is 8.59. The Balaban J connectivity index is 1.60. The maximum absolute atomic E-state index is 12.0. The molecule has 0 aromatic heterocycles. The molecule has 0 aromatic rings. The summed E-state index contributed by atoms with van der Waals surface area (Å²) in [4.78, 5) is 12.0. The van der Waals surface area contributed by atoms with Gasteiger partial charge in [-0.2, -0.15) is 0 Å². The first-order valence-corrected chi connectivity index (χ1v) is 8.41. The molecule has 2 saturated heterocycles. The van der Waals surface area contributed by atoms with Crippen molar-refractivity contribution in [2.75, 3.05) is 19.8 Å². The molecule has 2 fully saturated rings. The van der Waals surface area contributed by atoms with Crippen molar-refractivity contribution in [3.8, 4) is 0 Å². The van der Waals surface area contributed by atoms with Crippen LogP contribution in [0.3, 0.4) is 0 Å². The second-order valence-corrected chi connectivity index (χ2v) is 6.47. The number of hydrogen-bond acceptors (Lipinski definition) is 3. The molecule has 0 unspecified atom stereocenters. The summed E-state index contributed by atoms with van der Waals surface area (Å²) >= 11 is 0. The highest BCUT2D eigenvalue weighted by Gasteiger charge is 2.22. The Morgan fingerprint density at radius 1 is 1.14 bits per heavy atom. The van der Waals surface area contributed by atoms with Crippen LogP contribution in [0.1, 0.15) is 52.4 Å². The Morgan fingerprint density at radius 3 is 2.57 bits per heavy atom. The van der Waals surface area contributed by atoms with Crippen molar-refractivity contribution < 1.29 is 14.3 Å². The smallest absolute Gasteiger partial charge is 0.315 e. The monoisotopic (exact) mass is 298 g/mol. The van der Waals surface area contributed by atoms with Crippen molar-refractivity contribution in [3.05, 3.63) is 0 Å². The lowest BCUT2D eigenvalue weighted by atomic mass is 9.93. The fraction of sp³-hybridized carbons (Fsp3) is 0.938. The minimum absolute atomic E-state index is 0.0474. The number of rotatable bonds is 6. The van der Waals surface area contributed by atoms with Crippen LogP contribution in [0.25, 0.3) is 0 Å². The normalized spacial score (nSPS) is 26.3. The first-order chi connectivity index (χ1) is 10.1. The number of urea groups is 1. The molecule has 2 amide bonds. The summed E-state index contributed by atoms with van der Waals surface area (Å²) in [6.45, 7) is 6.68. The minimum Gasteiger partial charge on any atom is -0.381 e. The summed E-state index contributed by atoms with van der Waals surface area (Å²) in [7, 11) is 0. The van der Waals surface area contributed by atoms with Gasteiger partial charge in [0.25, 0.3) is 0 Å². The highest BCUT2D eigenvalue weighted by Crippen LogP contribution is 2.19. The molecule has 0 bridgehead atoms. The number of nitrogens with one attached hydrogen (secondary N) is 2. The lowest BCUT2D eigenvalue weighted by Gasteiger charge is -2.29. The molecule has 0 radical (unpaired) electrons. The van der Waals surface area contributed by atoms with Gasteiger partial charge >= 0.3 is 6.03 Å². The summed E-state index contributed by atoms with van der Waals surface area (Å²) in [6, 6.07) is 0.351. The molecule has 5 heteroatoms. The van der Waals surface area contributed by atoms with Gasteiger partial charge in [-0.3, -0.25) is 0 Å². The van der Waals surface area contributed by atoms with Gasteiger partial charge < -0.3 is 20.1 Å². The Hall–Kier alpha value is -0.810. The lowest BCUT2D eigenvalue weighted by molar-refractivity contribution is 0.0570. The highest BCUT2D eigenvalue weighted by atomic mass is 16.5. The molecule has 3 atom stereocenters. The van der Waals surface area contributed by atoms with E-state index in [0.717, 1.165) is 45.5 Å². The van der Waals surface area contributed by atoms with Gasteiger partial charge in [0.15, 0.2) is 0 Å². The van der Waals surface area contributed by atoms with Gasteiger partial charge in [0.2, 0.25) is 0 Å². The van der Waals surface area contributed by atoms with Crippen LogP contribution < -0.4 is 10.6 Å². The molecular formula is C16H30N2O3. The van der Waals surface area contributed by atoms with Crippen LogP contribution in [0.5, 0.6) is 0 Å². The minimum atomic E-state index is -0.0474. The van der Waals surface area contributed by atoms with E-state index in [1.807, 2.05) is 0 Å². The topological polar surface area (TPSA) is 59.6 Å². The average Bonchev–Trinajstić information content (AvgIpc) is 2.99. The molecule has 21 heavy (non-hydrogen) atoms. The standard InChI is InChI=1S/C16H30N2O3/c1-12(5-6-15-4-3-9-21-15)17-16(19)18-13(2)14-7-10-20-11-8-14/h12-15H,3-11H2,1-2H3,(H2,17,18,19)/t12-,13+,15-/m1/s1. The van der Waals surface area contributed by atoms with Gasteiger partial charge in [-0.05, 0) is 58.3 Å². The van der Waals surface area contributed by atoms with Gasteiger partial charge in [-0.25, -0.2) is 4.79 Å². The van der Waals surface area contributed by atoms with E-state index in [4.69, 9.17) is 9.47 Å². The van der Waals surface area contributed by atoms with Gasteiger partial charge in [-0.15, -0.1) is 0 Å². The molecule has 122 valence electrons. The summed E-state index contributed by atoms with van der Waals surface area (Å²) in [5, 5.41) is 6.11. The summed E-state index contributed by atoms with van der Waals surface area (Å²) in [5.41, 5.74) is 0. The Labute approximate surface area is 128 Å². The van der Waals surface area contributed by atoms with Gasteiger partial charge in [-0.1, -0.05) is 0 Å². The molecule has 0 spiro atoms. The quantitative estimate of drug-likeness (QED) is 0.792. The Morgan fingerprint density at radius 2 is 1.90 bits per heavy atom. The predicted molar refractivity (Wildman–Crippen MR) is 82.3 cm³/mol. The molecule has 2 aliphatic heterocycles. The molecule has 0 aliphatic carbocycles. The maximum Gasteiger partial charge on any atom is 0.315 e. The lowest BCUT2D eigenvalue weighted by Crippen LogP contribution is -2.47. The molecule has 5 nitrogen and oxygen atoms in total. The van der Waals surface area contributed by atoms with Gasteiger partial charge in [0.1, 0.15) is 0 Å². The van der Waals surface area contributed by atoms with Crippen molar-refractivity contribution in [3.63, 3.8) is 0 Å². The van der Waals surface area contributed by atoms with E-state index in [9.17, 15) is 4.79 Å². The summed E-state index contributed by atoms with van der Waals surface area (Å²) in [6.07, 6.45) is 6.83.